The zero-order valence-corrected chi connectivity index (χ0v) is 9.91. The van der Waals surface area contributed by atoms with Gasteiger partial charge in [-0.15, -0.1) is 12.3 Å². The van der Waals surface area contributed by atoms with Gasteiger partial charge in [0.25, 0.3) is 0 Å². The number of hydrogen-bond acceptors (Lipinski definition) is 4. The summed E-state index contributed by atoms with van der Waals surface area (Å²) in [5.74, 6) is 2.73. The number of hydrogen-bond donors (Lipinski definition) is 1. The molecule has 0 atom stereocenters. The molecule has 5 nitrogen and oxygen atoms in total. The van der Waals surface area contributed by atoms with Crippen LogP contribution in [0.1, 0.15) is 19.3 Å². The normalized spacial score (nSPS) is 9.65. The average Bonchev–Trinajstić information content (AvgIpc) is 2.28. The zero-order chi connectivity index (χ0) is 12.7. The summed E-state index contributed by atoms with van der Waals surface area (Å²) in [5.41, 5.74) is -0.0775. The Morgan fingerprint density at radius 2 is 2.29 bits per heavy atom. The number of nitro groups is 1. The number of nitrogens with zero attached hydrogens (tertiary/aromatic N) is 2. The fourth-order valence-electron chi connectivity index (χ4n) is 1.26. The largest absolute Gasteiger partial charge is 0.364 e. The number of aromatic nitrogens is 1. The number of unbranched alkanes of at least 4 members (excludes halogenated alkanes) is 2. The lowest BCUT2D eigenvalue weighted by atomic mass is 10.2. The van der Waals surface area contributed by atoms with E-state index < -0.39 is 4.92 Å². The maximum atomic E-state index is 10.7. The molecule has 90 valence electrons. The van der Waals surface area contributed by atoms with Gasteiger partial charge in [0.2, 0.25) is 5.82 Å². The topological polar surface area (TPSA) is 68.1 Å². The van der Waals surface area contributed by atoms with Crippen molar-refractivity contribution in [2.75, 3.05) is 11.9 Å². The molecule has 6 heteroatoms. The number of terminal acetylenes is 1. The van der Waals surface area contributed by atoms with Crippen molar-refractivity contribution in [2.24, 2.45) is 0 Å². The maximum absolute atomic E-state index is 10.7. The molecule has 0 saturated carbocycles. The third-order valence-electron chi connectivity index (χ3n) is 2.08. The molecule has 1 N–H and O–H groups in total. The van der Waals surface area contributed by atoms with Crippen LogP contribution in [0.15, 0.2) is 12.1 Å². The number of anilines is 1. The Labute approximate surface area is 104 Å². The molecule has 0 aromatic carbocycles. The van der Waals surface area contributed by atoms with Gasteiger partial charge in [0.05, 0.1) is 4.92 Å². The van der Waals surface area contributed by atoms with Gasteiger partial charge in [-0.25, -0.2) is 4.98 Å². The van der Waals surface area contributed by atoms with Crippen molar-refractivity contribution in [1.82, 2.24) is 4.98 Å². The first kappa shape index (κ1) is 13.3. The molecule has 1 aromatic rings. The zero-order valence-electron chi connectivity index (χ0n) is 9.15. The Morgan fingerprint density at radius 3 is 2.94 bits per heavy atom. The van der Waals surface area contributed by atoms with E-state index in [4.69, 9.17) is 18.0 Å². The van der Waals surface area contributed by atoms with Crippen LogP contribution in [0.4, 0.5) is 11.5 Å². The molecule has 0 aliphatic heterocycles. The second-order valence-corrected chi connectivity index (χ2v) is 3.73. The molecular weight excluding hydrogens is 242 g/mol. The minimum absolute atomic E-state index is 0.0775. The fraction of sp³-hybridized carbons (Fsp3) is 0.364. The molecule has 1 rings (SSSR count). The SMILES string of the molecule is C#CCCCCNc1nc(Cl)ccc1[N+](=O)[O-]. The number of halogens is 1. The van der Waals surface area contributed by atoms with E-state index in [2.05, 4.69) is 16.2 Å². The van der Waals surface area contributed by atoms with Crippen LogP contribution in [0.3, 0.4) is 0 Å². The highest BCUT2D eigenvalue weighted by atomic mass is 35.5. The molecule has 0 fully saturated rings. The van der Waals surface area contributed by atoms with Crippen molar-refractivity contribution in [2.45, 2.75) is 19.3 Å². The van der Waals surface area contributed by atoms with Gasteiger partial charge in [-0.3, -0.25) is 10.1 Å². The summed E-state index contributed by atoms with van der Waals surface area (Å²) in [4.78, 5) is 14.1. The van der Waals surface area contributed by atoms with Crippen molar-refractivity contribution >= 4 is 23.1 Å². The summed E-state index contributed by atoms with van der Waals surface area (Å²) in [6.45, 7) is 0.579. The van der Waals surface area contributed by atoms with Crippen LogP contribution >= 0.6 is 11.6 Å². The molecule has 0 unspecified atom stereocenters. The summed E-state index contributed by atoms with van der Waals surface area (Å²) in [6, 6.07) is 2.72. The lowest BCUT2D eigenvalue weighted by molar-refractivity contribution is -0.384. The van der Waals surface area contributed by atoms with E-state index in [0.29, 0.717) is 13.0 Å². The molecule has 0 spiro atoms. The van der Waals surface area contributed by atoms with E-state index in [0.717, 1.165) is 12.8 Å². The van der Waals surface area contributed by atoms with Gasteiger partial charge in [-0.2, -0.15) is 0 Å². The lowest BCUT2D eigenvalue weighted by Crippen LogP contribution is -2.06. The Kier molecular flexibility index (Phi) is 5.24. The maximum Gasteiger partial charge on any atom is 0.311 e. The van der Waals surface area contributed by atoms with Crippen LogP contribution in [0.5, 0.6) is 0 Å². The van der Waals surface area contributed by atoms with Crippen LogP contribution in [-0.2, 0) is 0 Å². The summed E-state index contributed by atoms with van der Waals surface area (Å²) in [6.07, 6.45) is 7.52. The van der Waals surface area contributed by atoms with E-state index in [1.54, 1.807) is 0 Å². The second-order valence-electron chi connectivity index (χ2n) is 3.35. The summed E-state index contributed by atoms with van der Waals surface area (Å²) >= 11 is 5.68. The summed E-state index contributed by atoms with van der Waals surface area (Å²) in [5, 5.41) is 13.8. The van der Waals surface area contributed by atoms with Gasteiger partial charge < -0.3 is 5.32 Å². The Bertz CT molecular complexity index is 443. The Hall–Kier alpha value is -1.80. The third kappa shape index (κ3) is 4.29. The van der Waals surface area contributed by atoms with Crippen molar-refractivity contribution < 1.29 is 4.92 Å². The molecule has 0 aliphatic carbocycles. The van der Waals surface area contributed by atoms with Crippen LogP contribution in [0.25, 0.3) is 0 Å². The lowest BCUT2D eigenvalue weighted by Gasteiger charge is -2.05. The fourth-order valence-corrected chi connectivity index (χ4v) is 1.41. The standard InChI is InChI=1S/C11H12ClN3O2/c1-2-3-4-5-8-13-11-9(15(16)17)6-7-10(12)14-11/h1,6-7H,3-5,8H2,(H,13,14). The van der Waals surface area contributed by atoms with Crippen molar-refractivity contribution in [3.05, 3.63) is 27.4 Å². The minimum Gasteiger partial charge on any atom is -0.364 e. The molecule has 0 saturated heterocycles. The number of rotatable bonds is 6. The molecule has 17 heavy (non-hydrogen) atoms. The van der Waals surface area contributed by atoms with Crippen molar-refractivity contribution in [1.29, 1.82) is 0 Å². The van der Waals surface area contributed by atoms with Gasteiger partial charge in [0, 0.05) is 19.0 Å². The van der Waals surface area contributed by atoms with Crippen LogP contribution in [0.2, 0.25) is 5.15 Å². The van der Waals surface area contributed by atoms with E-state index in [-0.39, 0.29) is 16.7 Å². The highest BCUT2D eigenvalue weighted by molar-refractivity contribution is 6.29. The highest BCUT2D eigenvalue weighted by Gasteiger charge is 2.14. The number of pyridine rings is 1. The molecular formula is C11H12ClN3O2. The van der Waals surface area contributed by atoms with E-state index in [1.165, 1.54) is 12.1 Å². The number of nitrogens with one attached hydrogen (secondary N) is 1. The molecule has 1 aromatic heterocycles. The summed E-state index contributed by atoms with van der Waals surface area (Å²) < 4.78 is 0. The first-order valence-corrected chi connectivity index (χ1v) is 5.51. The molecule has 0 aliphatic rings. The Morgan fingerprint density at radius 1 is 1.53 bits per heavy atom. The molecule has 0 bridgehead atoms. The second kappa shape index (κ2) is 6.71. The van der Waals surface area contributed by atoms with Crippen molar-refractivity contribution in [3.63, 3.8) is 0 Å². The van der Waals surface area contributed by atoms with Gasteiger partial charge in [0.15, 0.2) is 0 Å². The van der Waals surface area contributed by atoms with Crippen molar-refractivity contribution in [3.8, 4) is 12.3 Å². The minimum atomic E-state index is -0.493. The molecule has 1 heterocycles. The predicted octanol–water partition coefficient (Wildman–Crippen LogP) is 2.86. The molecule has 0 amide bonds. The molecule has 0 radical (unpaired) electrons. The van der Waals surface area contributed by atoms with Crippen LogP contribution < -0.4 is 5.32 Å². The van der Waals surface area contributed by atoms with Gasteiger partial charge in [0.1, 0.15) is 5.15 Å². The van der Waals surface area contributed by atoms with Gasteiger partial charge in [-0.05, 0) is 18.9 Å². The first-order chi connectivity index (χ1) is 8.15. The first-order valence-electron chi connectivity index (χ1n) is 5.13. The van der Waals surface area contributed by atoms with E-state index in [1.807, 2.05) is 0 Å². The highest BCUT2D eigenvalue weighted by Crippen LogP contribution is 2.23. The quantitative estimate of drug-likeness (QED) is 0.278. The van der Waals surface area contributed by atoms with E-state index >= 15 is 0 Å². The third-order valence-corrected chi connectivity index (χ3v) is 2.29. The summed E-state index contributed by atoms with van der Waals surface area (Å²) in [7, 11) is 0. The Balaban J connectivity index is 2.60. The van der Waals surface area contributed by atoms with E-state index in [9.17, 15) is 10.1 Å². The van der Waals surface area contributed by atoms with Gasteiger partial charge >= 0.3 is 5.69 Å². The van der Waals surface area contributed by atoms with Crippen LogP contribution in [0, 0.1) is 22.5 Å². The van der Waals surface area contributed by atoms with Crippen LogP contribution in [-0.4, -0.2) is 16.5 Å². The monoisotopic (exact) mass is 253 g/mol. The smallest absolute Gasteiger partial charge is 0.311 e. The van der Waals surface area contributed by atoms with Gasteiger partial charge in [-0.1, -0.05) is 11.6 Å². The predicted molar refractivity (Wildman–Crippen MR) is 67.1 cm³/mol. The average molecular weight is 254 g/mol.